The Labute approximate surface area is 114 Å². The first-order valence-corrected chi connectivity index (χ1v) is 6.73. The monoisotopic (exact) mass is 271 g/mol. The van der Waals surface area contributed by atoms with E-state index in [4.69, 9.17) is 4.74 Å². The molecule has 0 aromatic carbocycles. The SMILES string of the molecule is CN(C(=O)OC(C)(C)C)[C@H](CC1(C)CCC1)C(=O)O. The second-order valence-corrected chi connectivity index (χ2v) is 6.81. The molecule has 0 spiro atoms. The number of carbonyl (C=O) groups is 2. The molecule has 0 saturated heterocycles. The van der Waals surface area contributed by atoms with Crippen LogP contribution in [-0.2, 0) is 9.53 Å². The lowest BCUT2D eigenvalue weighted by Crippen LogP contribution is -2.48. The van der Waals surface area contributed by atoms with Gasteiger partial charge < -0.3 is 9.84 Å². The molecule has 0 radical (unpaired) electrons. The second kappa shape index (κ2) is 5.39. The highest BCUT2D eigenvalue weighted by atomic mass is 16.6. The molecule has 0 bridgehead atoms. The smallest absolute Gasteiger partial charge is 0.410 e. The summed E-state index contributed by atoms with van der Waals surface area (Å²) < 4.78 is 5.22. The van der Waals surface area contributed by atoms with E-state index in [-0.39, 0.29) is 5.41 Å². The Morgan fingerprint density at radius 2 is 1.89 bits per heavy atom. The molecule has 1 amide bonds. The van der Waals surface area contributed by atoms with Gasteiger partial charge in [-0.15, -0.1) is 0 Å². The van der Waals surface area contributed by atoms with Crippen LogP contribution in [0, 0.1) is 5.41 Å². The third kappa shape index (κ3) is 4.40. The zero-order chi connectivity index (χ0) is 14.8. The number of nitrogens with zero attached hydrogens (tertiary/aromatic N) is 1. The van der Waals surface area contributed by atoms with Gasteiger partial charge in [0.05, 0.1) is 0 Å². The van der Waals surface area contributed by atoms with Crippen LogP contribution in [0.1, 0.15) is 53.4 Å². The summed E-state index contributed by atoms with van der Waals surface area (Å²) in [7, 11) is 1.49. The van der Waals surface area contributed by atoms with E-state index in [2.05, 4.69) is 6.92 Å². The van der Waals surface area contributed by atoms with Crippen LogP contribution in [-0.4, -0.2) is 40.8 Å². The fraction of sp³-hybridized carbons (Fsp3) is 0.857. The van der Waals surface area contributed by atoms with Crippen LogP contribution in [0.3, 0.4) is 0 Å². The predicted molar refractivity (Wildman–Crippen MR) is 72.0 cm³/mol. The minimum atomic E-state index is -0.971. The van der Waals surface area contributed by atoms with Crippen molar-refractivity contribution in [3.8, 4) is 0 Å². The Bertz CT molecular complexity index is 355. The number of hydrogen-bond acceptors (Lipinski definition) is 3. The third-order valence-corrected chi connectivity index (χ3v) is 3.68. The van der Waals surface area contributed by atoms with Crippen molar-refractivity contribution < 1.29 is 19.4 Å². The maximum atomic E-state index is 11.9. The van der Waals surface area contributed by atoms with Gasteiger partial charge in [-0.2, -0.15) is 0 Å². The van der Waals surface area contributed by atoms with Crippen LogP contribution in [0.5, 0.6) is 0 Å². The van der Waals surface area contributed by atoms with Crippen molar-refractivity contribution >= 4 is 12.1 Å². The molecule has 5 heteroatoms. The highest BCUT2D eigenvalue weighted by Crippen LogP contribution is 2.44. The Hall–Kier alpha value is -1.26. The molecule has 1 atom stereocenters. The molecule has 0 unspecified atom stereocenters. The van der Waals surface area contributed by atoms with Crippen molar-refractivity contribution in [3.05, 3.63) is 0 Å². The Kier molecular flexibility index (Phi) is 4.48. The zero-order valence-electron chi connectivity index (χ0n) is 12.5. The van der Waals surface area contributed by atoms with E-state index >= 15 is 0 Å². The average Bonchev–Trinajstić information content (AvgIpc) is 2.19. The molecule has 19 heavy (non-hydrogen) atoms. The van der Waals surface area contributed by atoms with Crippen LogP contribution in [0.25, 0.3) is 0 Å². The average molecular weight is 271 g/mol. The maximum Gasteiger partial charge on any atom is 0.410 e. The third-order valence-electron chi connectivity index (χ3n) is 3.68. The number of carboxylic acids is 1. The van der Waals surface area contributed by atoms with Crippen molar-refractivity contribution in [2.75, 3.05) is 7.05 Å². The molecule has 0 aliphatic heterocycles. The first kappa shape index (κ1) is 15.8. The first-order chi connectivity index (χ1) is 8.54. The highest BCUT2D eigenvalue weighted by molar-refractivity contribution is 5.80. The van der Waals surface area contributed by atoms with Gasteiger partial charge in [-0.25, -0.2) is 9.59 Å². The molecule has 0 aromatic rings. The summed E-state index contributed by atoms with van der Waals surface area (Å²) in [5, 5.41) is 9.32. The molecular formula is C14H25NO4. The van der Waals surface area contributed by atoms with Gasteiger partial charge in [0, 0.05) is 7.05 Å². The highest BCUT2D eigenvalue weighted by Gasteiger charge is 2.40. The number of amides is 1. The number of likely N-dealkylation sites (N-methyl/N-ethyl adjacent to an activating group) is 1. The maximum absolute atomic E-state index is 11.9. The van der Waals surface area contributed by atoms with Gasteiger partial charge in [-0.05, 0) is 45.4 Å². The molecule has 0 aromatic heterocycles. The summed E-state index contributed by atoms with van der Waals surface area (Å²) in [4.78, 5) is 24.5. The molecule has 1 aliphatic rings. The van der Waals surface area contributed by atoms with Gasteiger partial charge in [0.25, 0.3) is 0 Å². The number of aliphatic carboxylic acids is 1. The van der Waals surface area contributed by atoms with Crippen LogP contribution in [0.4, 0.5) is 4.79 Å². The summed E-state index contributed by atoms with van der Waals surface area (Å²) in [5.74, 6) is -0.971. The Morgan fingerprint density at radius 3 is 2.21 bits per heavy atom. The van der Waals surface area contributed by atoms with Crippen LogP contribution >= 0.6 is 0 Å². The van der Waals surface area contributed by atoms with Crippen LogP contribution in [0.2, 0.25) is 0 Å². The molecule has 0 heterocycles. The van der Waals surface area contributed by atoms with E-state index in [0.717, 1.165) is 19.3 Å². The normalized spacial score (nSPS) is 19.2. The van der Waals surface area contributed by atoms with E-state index < -0.39 is 23.7 Å². The largest absolute Gasteiger partial charge is 0.480 e. The Morgan fingerprint density at radius 1 is 1.37 bits per heavy atom. The fourth-order valence-corrected chi connectivity index (χ4v) is 2.30. The van der Waals surface area contributed by atoms with E-state index in [9.17, 15) is 14.7 Å². The van der Waals surface area contributed by atoms with Crippen molar-refractivity contribution in [3.63, 3.8) is 0 Å². The molecule has 1 rings (SSSR count). The van der Waals surface area contributed by atoms with E-state index in [0.29, 0.717) is 6.42 Å². The topological polar surface area (TPSA) is 66.8 Å². The van der Waals surface area contributed by atoms with Gasteiger partial charge in [0.1, 0.15) is 11.6 Å². The van der Waals surface area contributed by atoms with E-state index in [1.165, 1.54) is 11.9 Å². The van der Waals surface area contributed by atoms with Crippen molar-refractivity contribution in [1.29, 1.82) is 0 Å². The number of hydrogen-bond donors (Lipinski definition) is 1. The van der Waals surface area contributed by atoms with Gasteiger partial charge in [0.2, 0.25) is 0 Å². The summed E-state index contributed by atoms with van der Waals surface area (Å²) in [5.41, 5.74) is -0.575. The fourth-order valence-electron chi connectivity index (χ4n) is 2.30. The van der Waals surface area contributed by atoms with Gasteiger partial charge in [-0.1, -0.05) is 13.3 Å². The Balaban J connectivity index is 2.70. The first-order valence-electron chi connectivity index (χ1n) is 6.73. The minimum Gasteiger partial charge on any atom is -0.480 e. The summed E-state index contributed by atoms with van der Waals surface area (Å²) >= 11 is 0. The number of rotatable bonds is 4. The van der Waals surface area contributed by atoms with E-state index in [1.807, 2.05) is 0 Å². The molecular weight excluding hydrogens is 246 g/mol. The minimum absolute atomic E-state index is 0.0410. The number of carboxylic acid groups (broad SMARTS) is 1. The lowest BCUT2D eigenvalue weighted by atomic mass is 9.67. The zero-order valence-corrected chi connectivity index (χ0v) is 12.5. The number of carbonyl (C=O) groups excluding carboxylic acids is 1. The summed E-state index contributed by atoms with van der Waals surface area (Å²) in [6, 6.07) is -0.819. The molecule has 1 N–H and O–H groups in total. The van der Waals surface area contributed by atoms with Gasteiger partial charge in [-0.3, -0.25) is 4.90 Å². The van der Waals surface area contributed by atoms with Gasteiger partial charge in [0.15, 0.2) is 0 Å². The number of ether oxygens (including phenoxy) is 1. The standard InChI is InChI=1S/C14H25NO4/c1-13(2,3)19-12(18)15(5)10(11(16)17)9-14(4)7-6-8-14/h10H,6-9H2,1-5H3,(H,16,17)/t10-/m1/s1. The van der Waals surface area contributed by atoms with Gasteiger partial charge >= 0.3 is 12.1 Å². The molecule has 110 valence electrons. The lowest BCUT2D eigenvalue weighted by Gasteiger charge is -2.41. The molecule has 1 fully saturated rings. The van der Waals surface area contributed by atoms with Crippen molar-refractivity contribution in [1.82, 2.24) is 4.90 Å². The van der Waals surface area contributed by atoms with Crippen molar-refractivity contribution in [2.24, 2.45) is 5.41 Å². The predicted octanol–water partition coefficient (Wildman–Crippen LogP) is 2.89. The molecule has 1 saturated carbocycles. The van der Waals surface area contributed by atoms with Crippen molar-refractivity contribution in [2.45, 2.75) is 65.0 Å². The second-order valence-electron chi connectivity index (χ2n) is 6.81. The van der Waals surface area contributed by atoms with Crippen LogP contribution < -0.4 is 0 Å². The molecule has 1 aliphatic carbocycles. The van der Waals surface area contributed by atoms with Crippen LogP contribution in [0.15, 0.2) is 0 Å². The summed E-state index contributed by atoms with van der Waals surface area (Å²) in [6.45, 7) is 7.38. The molecule has 5 nitrogen and oxygen atoms in total. The summed E-state index contributed by atoms with van der Waals surface area (Å²) in [6.07, 6.45) is 3.09. The van der Waals surface area contributed by atoms with E-state index in [1.54, 1.807) is 20.8 Å². The lowest BCUT2D eigenvalue weighted by molar-refractivity contribution is -0.144. The quantitative estimate of drug-likeness (QED) is 0.853.